The summed E-state index contributed by atoms with van der Waals surface area (Å²) in [5.41, 5.74) is 0. The quantitative estimate of drug-likeness (QED) is 0.507. The molecular formula is C10H15MnO-. The summed E-state index contributed by atoms with van der Waals surface area (Å²) >= 11 is 0. The third kappa shape index (κ3) is 7.64. The zero-order valence-corrected chi connectivity index (χ0v) is 8.98. The zero-order valence-electron chi connectivity index (χ0n) is 7.80. The van der Waals surface area contributed by atoms with Crippen LogP contribution in [0.2, 0.25) is 0 Å². The van der Waals surface area contributed by atoms with Gasteiger partial charge < -0.3 is 4.74 Å². The van der Waals surface area contributed by atoms with Gasteiger partial charge in [0.25, 0.3) is 0 Å². The summed E-state index contributed by atoms with van der Waals surface area (Å²) < 4.78 is 4.86. The van der Waals surface area contributed by atoms with Crippen molar-refractivity contribution in [2.24, 2.45) is 0 Å². The Morgan fingerprint density at radius 3 is 2.17 bits per heavy atom. The third-order valence-corrected chi connectivity index (χ3v) is 0.900. The van der Waals surface area contributed by atoms with E-state index in [4.69, 9.17) is 4.74 Å². The number of ether oxygens (including phenoxy) is 1. The number of para-hydroxylation sites is 1. The monoisotopic (exact) mass is 206 g/mol. The normalized spacial score (nSPS) is 7.25. The molecule has 0 unspecified atom stereocenters. The number of hydrogen-bond donors (Lipinski definition) is 0. The van der Waals surface area contributed by atoms with Gasteiger partial charge >= 0.3 is 0 Å². The van der Waals surface area contributed by atoms with Gasteiger partial charge in [-0.1, -0.05) is 20.3 Å². The smallest absolute Gasteiger partial charge is 0.0743 e. The second-order valence-corrected chi connectivity index (χ2v) is 2.14. The van der Waals surface area contributed by atoms with Crippen LogP contribution in [0.4, 0.5) is 0 Å². The molecule has 0 N–H and O–H groups in total. The summed E-state index contributed by atoms with van der Waals surface area (Å²) in [4.78, 5) is 0. The minimum atomic E-state index is 0. The molecule has 0 fully saturated rings. The number of benzene rings is 1. The van der Waals surface area contributed by atoms with Gasteiger partial charge in [0.2, 0.25) is 0 Å². The molecule has 1 radical (unpaired) electrons. The molecule has 0 heterocycles. The molecule has 0 aliphatic heterocycles. The largest absolute Gasteiger partial charge is 0.523 e. The molecule has 0 spiro atoms. The summed E-state index contributed by atoms with van der Waals surface area (Å²) in [6, 6.07) is 10.4. The van der Waals surface area contributed by atoms with E-state index in [2.05, 4.69) is 19.9 Å². The van der Waals surface area contributed by atoms with Crippen LogP contribution in [-0.4, -0.2) is 7.11 Å². The Hall–Kier alpha value is -0.461. The molecule has 0 atom stereocenters. The van der Waals surface area contributed by atoms with Crippen LogP contribution in [0.25, 0.3) is 0 Å². The topological polar surface area (TPSA) is 9.23 Å². The average Bonchev–Trinajstić information content (AvgIpc) is 2.08. The third-order valence-electron chi connectivity index (χ3n) is 0.900. The van der Waals surface area contributed by atoms with E-state index in [1.54, 1.807) is 7.11 Å². The van der Waals surface area contributed by atoms with Crippen LogP contribution in [0.5, 0.6) is 5.75 Å². The van der Waals surface area contributed by atoms with E-state index in [1.165, 1.54) is 6.42 Å². The van der Waals surface area contributed by atoms with Gasteiger partial charge in [0.15, 0.2) is 0 Å². The van der Waals surface area contributed by atoms with E-state index in [0.717, 1.165) is 5.75 Å². The van der Waals surface area contributed by atoms with Crippen molar-refractivity contribution < 1.29 is 21.8 Å². The second kappa shape index (κ2) is 10.5. The summed E-state index contributed by atoms with van der Waals surface area (Å²) in [7, 11) is 1.63. The molecule has 0 saturated heterocycles. The van der Waals surface area contributed by atoms with Crippen molar-refractivity contribution in [1.82, 2.24) is 0 Å². The van der Waals surface area contributed by atoms with Gasteiger partial charge in [-0.3, -0.25) is 0 Å². The van der Waals surface area contributed by atoms with Gasteiger partial charge in [-0.15, -0.1) is 12.1 Å². The first kappa shape index (κ1) is 14.1. The zero-order chi connectivity index (χ0) is 8.53. The van der Waals surface area contributed by atoms with Crippen molar-refractivity contribution in [3.63, 3.8) is 0 Å². The minimum absolute atomic E-state index is 0. The van der Waals surface area contributed by atoms with E-state index in [1.807, 2.05) is 24.3 Å². The molecule has 0 saturated carbocycles. The van der Waals surface area contributed by atoms with E-state index < -0.39 is 0 Å². The fourth-order valence-corrected chi connectivity index (χ4v) is 0.504. The first-order valence-electron chi connectivity index (χ1n) is 3.85. The Morgan fingerprint density at radius 2 is 1.92 bits per heavy atom. The standard InChI is InChI=1S/C7H7O.C3H8.Mn/c1-8-7-5-3-2-4-6-7;1-3-2;/h2-5H,1H3;3H2,1-2H3;/q-1;;. The first-order chi connectivity index (χ1) is 5.35. The van der Waals surface area contributed by atoms with Gasteiger partial charge in [0, 0.05) is 22.8 Å². The van der Waals surface area contributed by atoms with Crippen molar-refractivity contribution in [1.29, 1.82) is 0 Å². The van der Waals surface area contributed by atoms with Crippen LogP contribution in [0, 0.1) is 6.07 Å². The molecule has 0 aromatic heterocycles. The van der Waals surface area contributed by atoms with Gasteiger partial charge in [-0.05, 0) is 0 Å². The molecule has 1 aromatic rings. The van der Waals surface area contributed by atoms with Crippen LogP contribution in [-0.2, 0) is 17.1 Å². The van der Waals surface area contributed by atoms with Crippen molar-refractivity contribution in [3.8, 4) is 5.75 Å². The maximum absolute atomic E-state index is 4.86. The summed E-state index contributed by atoms with van der Waals surface area (Å²) in [6.45, 7) is 4.25. The maximum atomic E-state index is 4.86. The number of rotatable bonds is 1. The van der Waals surface area contributed by atoms with Crippen molar-refractivity contribution in [2.45, 2.75) is 20.3 Å². The SMILES string of the molecule is CCC.COc1[c-]cccc1.[Mn]. The summed E-state index contributed by atoms with van der Waals surface area (Å²) in [5, 5.41) is 0. The molecule has 0 aliphatic carbocycles. The predicted molar refractivity (Wildman–Crippen MR) is 47.8 cm³/mol. The van der Waals surface area contributed by atoms with Crippen LogP contribution in [0.3, 0.4) is 0 Å². The van der Waals surface area contributed by atoms with E-state index in [-0.39, 0.29) is 17.1 Å². The molecule has 0 amide bonds. The van der Waals surface area contributed by atoms with Gasteiger partial charge in [-0.2, -0.15) is 18.2 Å². The van der Waals surface area contributed by atoms with Gasteiger partial charge in [0.1, 0.15) is 0 Å². The molecule has 0 bridgehead atoms. The molecule has 1 rings (SSSR count). The Kier molecular flexibility index (Phi) is 12.4. The Bertz CT molecular complexity index is 163. The molecule has 69 valence electrons. The van der Waals surface area contributed by atoms with Crippen molar-refractivity contribution >= 4 is 0 Å². The Balaban J connectivity index is 0. The number of hydrogen-bond acceptors (Lipinski definition) is 1. The van der Waals surface area contributed by atoms with E-state index >= 15 is 0 Å². The molecule has 1 nitrogen and oxygen atoms in total. The summed E-state index contributed by atoms with van der Waals surface area (Å²) in [5.74, 6) is 0.785. The molecule has 0 aliphatic rings. The van der Waals surface area contributed by atoms with Crippen molar-refractivity contribution in [2.75, 3.05) is 7.11 Å². The van der Waals surface area contributed by atoms with Gasteiger partial charge in [-0.25, -0.2) is 0 Å². The van der Waals surface area contributed by atoms with Crippen LogP contribution in [0.1, 0.15) is 20.3 Å². The second-order valence-electron chi connectivity index (χ2n) is 2.14. The molecule has 12 heavy (non-hydrogen) atoms. The molecule has 1 aromatic carbocycles. The minimum Gasteiger partial charge on any atom is -0.523 e. The summed E-state index contributed by atoms with van der Waals surface area (Å²) in [6.07, 6.45) is 1.25. The number of methoxy groups -OCH3 is 1. The van der Waals surface area contributed by atoms with Crippen LogP contribution < -0.4 is 4.74 Å². The fraction of sp³-hybridized carbons (Fsp3) is 0.400. The Labute approximate surface area is 85.6 Å². The van der Waals surface area contributed by atoms with Crippen LogP contribution in [0.15, 0.2) is 24.3 Å². The van der Waals surface area contributed by atoms with E-state index in [9.17, 15) is 0 Å². The van der Waals surface area contributed by atoms with Gasteiger partial charge in [0.05, 0.1) is 7.11 Å². The van der Waals surface area contributed by atoms with E-state index in [0.29, 0.717) is 0 Å². The molecule has 2 heteroatoms. The average molecular weight is 206 g/mol. The first-order valence-corrected chi connectivity index (χ1v) is 3.85. The Morgan fingerprint density at radius 1 is 1.33 bits per heavy atom. The molecular weight excluding hydrogens is 191 g/mol. The predicted octanol–water partition coefficient (Wildman–Crippen LogP) is 2.91. The van der Waals surface area contributed by atoms with Crippen LogP contribution >= 0.6 is 0 Å². The maximum Gasteiger partial charge on any atom is 0.0743 e. The fourth-order valence-electron chi connectivity index (χ4n) is 0.504. The van der Waals surface area contributed by atoms with Crippen molar-refractivity contribution in [3.05, 3.63) is 30.3 Å².